The number of ether oxygens (including phenoxy) is 2. The summed E-state index contributed by atoms with van der Waals surface area (Å²) in [5.41, 5.74) is 6.93. The maximum absolute atomic E-state index is 11.6. The first-order valence-corrected chi connectivity index (χ1v) is 6.64. The molecule has 1 amide bonds. The molecule has 2 aliphatic rings. The predicted molar refractivity (Wildman–Crippen MR) is 70.3 cm³/mol. The van der Waals surface area contributed by atoms with Crippen LogP contribution in [0.2, 0.25) is 0 Å². The van der Waals surface area contributed by atoms with Crippen molar-refractivity contribution in [1.82, 2.24) is 4.90 Å². The number of nitrogens with zero attached hydrogens (tertiary/aromatic N) is 1. The number of fused-ring (bicyclic) bond motifs is 1. The molecule has 1 unspecified atom stereocenters. The van der Waals surface area contributed by atoms with Crippen molar-refractivity contribution in [2.45, 2.75) is 18.9 Å². The fraction of sp³-hybridized carbons (Fsp3) is 0.500. The summed E-state index contributed by atoms with van der Waals surface area (Å²) in [5.74, 6) is 1.76. The van der Waals surface area contributed by atoms with Crippen LogP contribution in [0.5, 0.6) is 11.5 Å². The second-order valence-electron chi connectivity index (χ2n) is 5.03. The first kappa shape index (κ1) is 12.3. The first-order valence-electron chi connectivity index (χ1n) is 6.64. The van der Waals surface area contributed by atoms with Crippen LogP contribution in [0.25, 0.3) is 0 Å². The Kier molecular flexibility index (Phi) is 3.29. The van der Waals surface area contributed by atoms with Gasteiger partial charge >= 0.3 is 0 Å². The molecule has 1 atom stereocenters. The lowest BCUT2D eigenvalue weighted by molar-refractivity contribution is -0.127. The molecule has 5 nitrogen and oxygen atoms in total. The first-order chi connectivity index (χ1) is 9.22. The number of amides is 1. The van der Waals surface area contributed by atoms with Crippen molar-refractivity contribution in [3.63, 3.8) is 0 Å². The summed E-state index contributed by atoms with van der Waals surface area (Å²) in [4.78, 5) is 13.5. The Balaban J connectivity index is 1.62. The zero-order valence-corrected chi connectivity index (χ0v) is 10.8. The predicted octanol–water partition coefficient (Wildman–Crippen LogP) is 0.560. The summed E-state index contributed by atoms with van der Waals surface area (Å²) in [6.07, 6.45) is 1.29. The molecule has 2 aliphatic heterocycles. The third kappa shape index (κ3) is 2.66. The summed E-state index contributed by atoms with van der Waals surface area (Å²) in [7, 11) is 0. The van der Waals surface area contributed by atoms with E-state index in [1.54, 1.807) is 0 Å². The maximum Gasteiger partial charge on any atom is 0.224 e. The van der Waals surface area contributed by atoms with E-state index in [0.29, 0.717) is 32.7 Å². The van der Waals surface area contributed by atoms with Crippen LogP contribution in [-0.2, 0) is 11.2 Å². The Labute approximate surface area is 112 Å². The topological polar surface area (TPSA) is 64.8 Å². The SMILES string of the molecule is NC1CC(=O)N(CCc2ccc3c(c2)OCCO3)C1. The van der Waals surface area contributed by atoms with Gasteiger partial charge in [-0.2, -0.15) is 0 Å². The van der Waals surface area contributed by atoms with Crippen LogP contribution in [0.4, 0.5) is 0 Å². The van der Waals surface area contributed by atoms with E-state index in [2.05, 4.69) is 0 Å². The van der Waals surface area contributed by atoms with Crippen molar-refractivity contribution in [3.05, 3.63) is 23.8 Å². The van der Waals surface area contributed by atoms with Gasteiger partial charge in [-0.15, -0.1) is 0 Å². The van der Waals surface area contributed by atoms with Crippen LogP contribution in [-0.4, -0.2) is 43.2 Å². The Morgan fingerprint density at radius 1 is 1.26 bits per heavy atom. The summed E-state index contributed by atoms with van der Waals surface area (Å²) < 4.78 is 11.0. The zero-order valence-electron chi connectivity index (χ0n) is 10.8. The number of hydrogen-bond acceptors (Lipinski definition) is 4. The van der Waals surface area contributed by atoms with Crippen LogP contribution < -0.4 is 15.2 Å². The normalized spacial score (nSPS) is 21.8. The van der Waals surface area contributed by atoms with Gasteiger partial charge < -0.3 is 20.1 Å². The van der Waals surface area contributed by atoms with Crippen LogP contribution in [0.1, 0.15) is 12.0 Å². The summed E-state index contributed by atoms with van der Waals surface area (Å²) in [6, 6.07) is 5.94. The lowest BCUT2D eigenvalue weighted by Gasteiger charge is -2.20. The van der Waals surface area contributed by atoms with Gasteiger partial charge in [0.15, 0.2) is 11.5 Å². The van der Waals surface area contributed by atoms with E-state index in [1.807, 2.05) is 23.1 Å². The number of hydrogen-bond donors (Lipinski definition) is 1. The Hall–Kier alpha value is -1.75. The minimum atomic E-state index is -0.00670. The van der Waals surface area contributed by atoms with Crippen molar-refractivity contribution in [1.29, 1.82) is 0 Å². The van der Waals surface area contributed by atoms with E-state index in [9.17, 15) is 4.79 Å². The Bertz CT molecular complexity index is 490. The lowest BCUT2D eigenvalue weighted by Crippen LogP contribution is -2.30. The van der Waals surface area contributed by atoms with Crippen LogP contribution >= 0.6 is 0 Å². The molecule has 2 N–H and O–H groups in total. The average Bonchev–Trinajstić information content (AvgIpc) is 2.74. The molecule has 1 aromatic rings. The second-order valence-corrected chi connectivity index (χ2v) is 5.03. The van der Waals surface area contributed by atoms with Gasteiger partial charge in [-0.1, -0.05) is 6.07 Å². The van der Waals surface area contributed by atoms with Gasteiger partial charge in [0.1, 0.15) is 13.2 Å². The van der Waals surface area contributed by atoms with E-state index < -0.39 is 0 Å². The highest BCUT2D eigenvalue weighted by Gasteiger charge is 2.26. The highest BCUT2D eigenvalue weighted by atomic mass is 16.6. The molecule has 19 heavy (non-hydrogen) atoms. The van der Waals surface area contributed by atoms with Gasteiger partial charge in [0, 0.05) is 25.6 Å². The lowest BCUT2D eigenvalue weighted by atomic mass is 10.1. The molecule has 5 heteroatoms. The maximum atomic E-state index is 11.6. The van der Waals surface area contributed by atoms with E-state index >= 15 is 0 Å². The summed E-state index contributed by atoms with van der Waals surface area (Å²) in [5, 5.41) is 0. The van der Waals surface area contributed by atoms with Gasteiger partial charge in [0.05, 0.1) is 0 Å². The second kappa shape index (κ2) is 5.09. The quantitative estimate of drug-likeness (QED) is 0.864. The molecular weight excluding hydrogens is 244 g/mol. The molecule has 1 aromatic carbocycles. The van der Waals surface area contributed by atoms with Gasteiger partial charge in [-0.05, 0) is 24.1 Å². The molecule has 1 saturated heterocycles. The van der Waals surface area contributed by atoms with Crippen molar-refractivity contribution < 1.29 is 14.3 Å². The fourth-order valence-electron chi connectivity index (χ4n) is 2.53. The van der Waals surface area contributed by atoms with Crippen molar-refractivity contribution in [2.24, 2.45) is 5.73 Å². The van der Waals surface area contributed by atoms with E-state index in [-0.39, 0.29) is 11.9 Å². The third-order valence-corrected chi connectivity index (χ3v) is 3.52. The molecule has 102 valence electrons. The number of likely N-dealkylation sites (tertiary alicyclic amines) is 1. The van der Waals surface area contributed by atoms with Crippen LogP contribution in [0.3, 0.4) is 0 Å². The van der Waals surface area contributed by atoms with E-state index in [0.717, 1.165) is 23.5 Å². The van der Waals surface area contributed by atoms with Gasteiger partial charge in [0.25, 0.3) is 0 Å². The third-order valence-electron chi connectivity index (χ3n) is 3.52. The van der Waals surface area contributed by atoms with Crippen molar-refractivity contribution >= 4 is 5.91 Å². The van der Waals surface area contributed by atoms with E-state index in [4.69, 9.17) is 15.2 Å². The number of benzene rings is 1. The number of carbonyl (C=O) groups excluding carboxylic acids is 1. The van der Waals surface area contributed by atoms with Crippen molar-refractivity contribution in [2.75, 3.05) is 26.3 Å². The van der Waals surface area contributed by atoms with Crippen LogP contribution in [0, 0.1) is 0 Å². The summed E-state index contributed by atoms with van der Waals surface area (Å²) in [6.45, 7) is 2.58. The molecule has 2 heterocycles. The minimum Gasteiger partial charge on any atom is -0.486 e. The monoisotopic (exact) mass is 262 g/mol. The molecule has 0 spiro atoms. The molecule has 0 aliphatic carbocycles. The molecule has 3 rings (SSSR count). The molecule has 1 fully saturated rings. The van der Waals surface area contributed by atoms with Crippen LogP contribution in [0.15, 0.2) is 18.2 Å². The molecule has 0 bridgehead atoms. The molecule has 0 radical (unpaired) electrons. The van der Waals surface area contributed by atoms with E-state index in [1.165, 1.54) is 0 Å². The van der Waals surface area contributed by atoms with Crippen molar-refractivity contribution in [3.8, 4) is 11.5 Å². The highest BCUT2D eigenvalue weighted by molar-refractivity contribution is 5.79. The Morgan fingerprint density at radius 3 is 2.79 bits per heavy atom. The standard InChI is InChI=1S/C14H18N2O3/c15-11-8-14(17)16(9-11)4-3-10-1-2-12-13(7-10)19-6-5-18-12/h1-2,7,11H,3-6,8-9,15H2. The largest absolute Gasteiger partial charge is 0.486 e. The highest BCUT2D eigenvalue weighted by Crippen LogP contribution is 2.30. The summed E-state index contributed by atoms with van der Waals surface area (Å²) >= 11 is 0. The zero-order chi connectivity index (χ0) is 13.2. The molecular formula is C14H18N2O3. The number of rotatable bonds is 3. The van der Waals surface area contributed by atoms with Gasteiger partial charge in [-0.3, -0.25) is 4.79 Å². The fourth-order valence-corrected chi connectivity index (χ4v) is 2.53. The molecule has 0 saturated carbocycles. The number of nitrogens with two attached hydrogens (primary N) is 1. The minimum absolute atomic E-state index is 0.00670. The Morgan fingerprint density at radius 2 is 2.05 bits per heavy atom. The van der Waals surface area contributed by atoms with Gasteiger partial charge in [-0.25, -0.2) is 0 Å². The smallest absolute Gasteiger partial charge is 0.224 e. The number of carbonyl (C=O) groups is 1. The van der Waals surface area contributed by atoms with Gasteiger partial charge in [0.2, 0.25) is 5.91 Å². The average molecular weight is 262 g/mol. The molecule has 0 aromatic heterocycles.